The molecule has 12 nitrogen and oxygen atoms in total. The molecule has 0 aromatic carbocycles. The van der Waals surface area contributed by atoms with Crippen LogP contribution in [0.5, 0.6) is 0 Å². The minimum atomic E-state index is 0.180. The first-order valence-electron chi connectivity index (χ1n) is 13.9. The first-order valence-corrected chi connectivity index (χ1v) is 15.1. The third-order valence-corrected chi connectivity index (χ3v) is 7.28. The molecule has 0 unspecified atom stereocenters. The molecule has 0 amide bonds. The molecule has 15 heteroatoms. The van der Waals surface area contributed by atoms with Gasteiger partial charge in [0, 0.05) is 57.4 Å². The molecule has 1 N–H and O–H groups in total. The summed E-state index contributed by atoms with van der Waals surface area (Å²) in [4.78, 5) is 23.3. The predicted molar refractivity (Wildman–Crippen MR) is 161 cm³/mol. The van der Waals surface area contributed by atoms with Crippen molar-refractivity contribution in [3.63, 3.8) is 0 Å². The Bertz CT molecular complexity index is 1050. The van der Waals surface area contributed by atoms with Crippen molar-refractivity contribution in [3.05, 3.63) is 27.7 Å². The molecule has 6 rings (SSSR count). The zero-order valence-corrected chi connectivity index (χ0v) is 25.9. The summed E-state index contributed by atoms with van der Waals surface area (Å²) >= 11 is 17.6. The maximum atomic E-state index is 6.17. The lowest BCUT2D eigenvalue weighted by molar-refractivity contribution is 0.0824. The summed E-state index contributed by atoms with van der Waals surface area (Å²) in [6.45, 7) is 15.4. The fourth-order valence-corrected chi connectivity index (χ4v) is 5.10. The second kappa shape index (κ2) is 16.8. The van der Waals surface area contributed by atoms with Gasteiger partial charge in [0.05, 0.1) is 58.9 Å². The van der Waals surface area contributed by atoms with Crippen molar-refractivity contribution in [1.29, 1.82) is 0 Å². The molecule has 0 saturated carbocycles. The van der Waals surface area contributed by atoms with Crippen molar-refractivity contribution >= 4 is 52.4 Å². The lowest BCUT2D eigenvalue weighted by atomic mass is 10.3. The van der Waals surface area contributed by atoms with Crippen LogP contribution in [-0.2, 0) is 18.9 Å². The molecule has 0 radical (unpaired) electrons. The Kier molecular flexibility index (Phi) is 13.1. The Hall–Kier alpha value is -1.77. The summed E-state index contributed by atoms with van der Waals surface area (Å²) in [5.74, 6) is 2.33. The van der Waals surface area contributed by atoms with Gasteiger partial charge in [0.25, 0.3) is 0 Å². The molecule has 0 spiro atoms. The highest BCUT2D eigenvalue weighted by molar-refractivity contribution is 6.32. The van der Waals surface area contributed by atoms with Gasteiger partial charge in [-0.25, -0.2) is 15.0 Å². The number of nitrogens with one attached hydrogen (secondary N) is 1. The lowest BCUT2D eigenvalue weighted by Crippen LogP contribution is -2.45. The molecule has 4 aliphatic rings. The summed E-state index contributed by atoms with van der Waals surface area (Å²) < 4.78 is 21.2. The van der Waals surface area contributed by atoms with Crippen LogP contribution in [0.15, 0.2) is 12.1 Å². The molecule has 2 aromatic rings. The van der Waals surface area contributed by atoms with E-state index >= 15 is 0 Å². The van der Waals surface area contributed by atoms with Crippen molar-refractivity contribution in [3.8, 4) is 0 Å². The van der Waals surface area contributed by atoms with E-state index in [-0.39, 0.29) is 11.3 Å². The van der Waals surface area contributed by atoms with Gasteiger partial charge in [-0.2, -0.15) is 4.98 Å². The van der Waals surface area contributed by atoms with E-state index in [9.17, 15) is 0 Å². The van der Waals surface area contributed by atoms with Crippen LogP contribution in [0.1, 0.15) is 13.8 Å². The molecule has 2 atom stereocenters. The summed E-state index contributed by atoms with van der Waals surface area (Å²) in [5.41, 5.74) is 0. The first-order chi connectivity index (χ1) is 19.9. The lowest BCUT2D eigenvalue weighted by Gasteiger charge is -2.34. The van der Waals surface area contributed by atoms with Crippen molar-refractivity contribution in [2.75, 3.05) is 107 Å². The van der Waals surface area contributed by atoms with E-state index in [0.29, 0.717) is 48.7 Å². The van der Waals surface area contributed by atoms with Crippen molar-refractivity contribution < 1.29 is 18.9 Å². The molecule has 0 bridgehead atoms. The standard InChI is InChI=1S/C13H19ClN4O2.C8H9Cl2N3O.C5H11NO/c1-10-9-20-7-4-18(10)13-15-11(14)8-12(16-13)17-2-5-19-6-3-17;9-6-5-7(12-8(10)11-6)13-1-3-14-4-2-13;1-5-4-7-3-2-6-5/h8,10H,2-7,9H2,1H3;5H,1-4H2;5-6H,2-4H2,1H3/t10-;;5-/m0.0/s1. The van der Waals surface area contributed by atoms with Crippen molar-refractivity contribution in [2.45, 2.75) is 25.9 Å². The highest BCUT2D eigenvalue weighted by atomic mass is 35.5. The summed E-state index contributed by atoms with van der Waals surface area (Å²) in [5, 5.41) is 4.29. The highest BCUT2D eigenvalue weighted by Crippen LogP contribution is 2.23. The smallest absolute Gasteiger partial charge is 0.229 e. The minimum absolute atomic E-state index is 0.180. The summed E-state index contributed by atoms with van der Waals surface area (Å²) in [7, 11) is 0. The average Bonchev–Trinajstić information content (AvgIpc) is 2.99. The SMILES string of the molecule is C[C@H]1COCCN1.C[C@H]1COCCN1c1nc(Cl)cc(N2CCOCC2)n1.Clc1cc(N2CCOCC2)nc(Cl)n1. The molecule has 4 aliphatic heterocycles. The van der Waals surface area contributed by atoms with Gasteiger partial charge in [-0.05, 0) is 25.4 Å². The topological polar surface area (TPSA) is 110 Å². The van der Waals surface area contributed by atoms with Crippen LogP contribution in [-0.4, -0.2) is 124 Å². The summed E-state index contributed by atoms with van der Waals surface area (Å²) in [6.07, 6.45) is 0. The normalized spacial score (nSPS) is 23.2. The van der Waals surface area contributed by atoms with Crippen LogP contribution in [0.2, 0.25) is 15.6 Å². The fraction of sp³-hybridized carbons (Fsp3) is 0.692. The van der Waals surface area contributed by atoms with E-state index in [0.717, 1.165) is 77.3 Å². The van der Waals surface area contributed by atoms with Crippen molar-refractivity contribution in [2.24, 2.45) is 0 Å². The molecule has 0 aliphatic carbocycles. The number of hydrogen-bond acceptors (Lipinski definition) is 12. The van der Waals surface area contributed by atoms with Gasteiger partial charge in [0.2, 0.25) is 11.2 Å². The zero-order chi connectivity index (χ0) is 29.0. The Morgan fingerprint density at radius 2 is 1.24 bits per heavy atom. The first kappa shape index (κ1) is 32.2. The molecular formula is C26H39Cl3N8O4. The van der Waals surface area contributed by atoms with E-state index in [1.165, 1.54) is 0 Å². The Morgan fingerprint density at radius 1 is 0.683 bits per heavy atom. The van der Waals surface area contributed by atoms with E-state index in [2.05, 4.69) is 53.8 Å². The van der Waals surface area contributed by atoms with Crippen LogP contribution in [0.25, 0.3) is 0 Å². The Morgan fingerprint density at radius 3 is 1.76 bits per heavy atom. The molecule has 228 valence electrons. The molecular weight excluding hydrogens is 595 g/mol. The van der Waals surface area contributed by atoms with Gasteiger partial charge in [0.15, 0.2) is 0 Å². The maximum Gasteiger partial charge on any atom is 0.229 e. The van der Waals surface area contributed by atoms with Gasteiger partial charge in [-0.1, -0.05) is 23.2 Å². The van der Waals surface area contributed by atoms with Crippen LogP contribution < -0.4 is 20.0 Å². The average molecular weight is 634 g/mol. The minimum Gasteiger partial charge on any atom is -0.379 e. The van der Waals surface area contributed by atoms with Gasteiger partial charge in [0.1, 0.15) is 21.9 Å². The predicted octanol–water partition coefficient (Wildman–Crippen LogP) is 2.81. The fourth-order valence-electron chi connectivity index (χ4n) is 4.53. The van der Waals surface area contributed by atoms with E-state index in [1.54, 1.807) is 6.07 Å². The quantitative estimate of drug-likeness (QED) is 0.397. The zero-order valence-electron chi connectivity index (χ0n) is 23.6. The highest BCUT2D eigenvalue weighted by Gasteiger charge is 2.23. The Balaban J connectivity index is 0.000000159. The second-order valence-corrected chi connectivity index (χ2v) is 11.0. The van der Waals surface area contributed by atoms with Crippen LogP contribution >= 0.6 is 34.8 Å². The van der Waals surface area contributed by atoms with Gasteiger partial charge in [-0.15, -0.1) is 0 Å². The maximum absolute atomic E-state index is 6.17. The molecule has 6 heterocycles. The third-order valence-electron chi connectivity index (χ3n) is 6.73. The van der Waals surface area contributed by atoms with Crippen LogP contribution in [0, 0.1) is 0 Å². The number of ether oxygens (including phenoxy) is 4. The number of morpholine rings is 4. The molecule has 2 aromatic heterocycles. The van der Waals surface area contributed by atoms with E-state index in [4.69, 9.17) is 53.8 Å². The van der Waals surface area contributed by atoms with Crippen LogP contribution in [0.4, 0.5) is 17.6 Å². The third kappa shape index (κ3) is 10.5. The van der Waals surface area contributed by atoms with Gasteiger partial charge in [-0.3, -0.25) is 0 Å². The van der Waals surface area contributed by atoms with Crippen LogP contribution in [0.3, 0.4) is 0 Å². The number of aromatic nitrogens is 4. The number of rotatable bonds is 3. The number of anilines is 3. The molecule has 4 fully saturated rings. The largest absolute Gasteiger partial charge is 0.379 e. The van der Waals surface area contributed by atoms with Gasteiger partial charge < -0.3 is 39.0 Å². The molecule has 4 saturated heterocycles. The molecule has 41 heavy (non-hydrogen) atoms. The van der Waals surface area contributed by atoms with E-state index < -0.39 is 0 Å². The number of halogens is 3. The monoisotopic (exact) mass is 632 g/mol. The Labute approximate surface area is 256 Å². The van der Waals surface area contributed by atoms with Crippen molar-refractivity contribution in [1.82, 2.24) is 25.3 Å². The summed E-state index contributed by atoms with van der Waals surface area (Å²) in [6, 6.07) is 4.36. The number of nitrogens with zero attached hydrogens (tertiary/aromatic N) is 7. The number of hydrogen-bond donors (Lipinski definition) is 1. The van der Waals surface area contributed by atoms with E-state index in [1.807, 2.05) is 6.07 Å². The second-order valence-electron chi connectivity index (χ2n) is 9.91. The van der Waals surface area contributed by atoms with Gasteiger partial charge >= 0.3 is 0 Å².